The highest BCUT2D eigenvalue weighted by molar-refractivity contribution is 5.87. The van der Waals surface area contributed by atoms with Gasteiger partial charge in [0.25, 0.3) is 0 Å². The minimum Gasteiger partial charge on any atom is -0.409 e. The van der Waals surface area contributed by atoms with Crippen LogP contribution in [0.25, 0.3) is 0 Å². The highest BCUT2D eigenvalue weighted by Crippen LogP contribution is 2.32. The molecule has 1 aliphatic rings. The van der Waals surface area contributed by atoms with Gasteiger partial charge in [-0.15, -0.1) is 0 Å². The van der Waals surface area contributed by atoms with Crippen LogP contribution < -0.4 is 5.73 Å². The lowest BCUT2D eigenvalue weighted by Crippen LogP contribution is -2.40. The topological polar surface area (TPSA) is 78.9 Å². The minimum absolute atomic E-state index is 0.0764. The van der Waals surface area contributed by atoms with Crippen molar-refractivity contribution in [3.63, 3.8) is 0 Å². The molecule has 0 saturated heterocycles. The maximum atomic E-state index is 12.2. The van der Waals surface area contributed by atoms with E-state index in [-0.39, 0.29) is 24.2 Å². The number of carbonyl (C=O) groups excluding carboxylic acids is 1. The fraction of sp³-hybridized carbons (Fsp3) is 0.857. The molecule has 5 nitrogen and oxygen atoms in total. The first-order chi connectivity index (χ1) is 9.08. The van der Waals surface area contributed by atoms with Gasteiger partial charge in [-0.05, 0) is 31.6 Å². The molecule has 110 valence electrons. The highest BCUT2D eigenvalue weighted by atomic mass is 16.4. The molecule has 1 amide bonds. The van der Waals surface area contributed by atoms with E-state index in [1.54, 1.807) is 11.9 Å². The van der Waals surface area contributed by atoms with E-state index in [9.17, 15) is 4.79 Å². The lowest BCUT2D eigenvalue weighted by Gasteiger charge is -2.30. The molecule has 1 fully saturated rings. The lowest BCUT2D eigenvalue weighted by molar-refractivity contribution is -0.134. The first kappa shape index (κ1) is 15.8. The Morgan fingerprint density at radius 1 is 1.37 bits per heavy atom. The van der Waals surface area contributed by atoms with Crippen molar-refractivity contribution in [1.29, 1.82) is 0 Å². The zero-order valence-corrected chi connectivity index (χ0v) is 12.1. The van der Waals surface area contributed by atoms with Crippen molar-refractivity contribution in [3.8, 4) is 0 Å². The lowest BCUT2D eigenvalue weighted by atomic mass is 9.79. The van der Waals surface area contributed by atoms with Crippen molar-refractivity contribution < 1.29 is 10.0 Å². The number of amidine groups is 1. The van der Waals surface area contributed by atoms with E-state index in [0.717, 1.165) is 31.6 Å². The molecule has 1 rings (SSSR count). The van der Waals surface area contributed by atoms with Crippen LogP contribution in [0, 0.1) is 11.8 Å². The molecule has 0 radical (unpaired) electrons. The fourth-order valence-electron chi connectivity index (χ4n) is 2.86. The molecule has 0 aromatic rings. The average Bonchev–Trinajstić information content (AvgIpc) is 2.44. The molecule has 0 bridgehead atoms. The van der Waals surface area contributed by atoms with Gasteiger partial charge in [-0.3, -0.25) is 4.79 Å². The Morgan fingerprint density at radius 3 is 2.53 bits per heavy atom. The smallest absolute Gasteiger partial charge is 0.225 e. The number of nitrogens with zero attached hydrogens (tertiary/aromatic N) is 2. The van der Waals surface area contributed by atoms with Gasteiger partial charge in [0.15, 0.2) is 5.84 Å². The summed E-state index contributed by atoms with van der Waals surface area (Å²) in [4.78, 5) is 13.8. The fourth-order valence-corrected chi connectivity index (χ4v) is 2.86. The van der Waals surface area contributed by atoms with E-state index in [4.69, 9.17) is 10.9 Å². The van der Waals surface area contributed by atoms with Gasteiger partial charge in [-0.2, -0.15) is 0 Å². The van der Waals surface area contributed by atoms with Gasteiger partial charge in [0, 0.05) is 13.0 Å². The molecule has 0 aromatic carbocycles. The van der Waals surface area contributed by atoms with E-state index in [1.165, 1.54) is 19.3 Å². The normalized spacial score (nSPS) is 24.2. The van der Waals surface area contributed by atoms with E-state index < -0.39 is 0 Å². The average molecular weight is 269 g/mol. The molecule has 0 atom stereocenters. The van der Waals surface area contributed by atoms with Crippen LogP contribution in [0.5, 0.6) is 0 Å². The number of amides is 1. The zero-order chi connectivity index (χ0) is 14.3. The third kappa shape index (κ3) is 5.09. The van der Waals surface area contributed by atoms with Gasteiger partial charge in [-0.25, -0.2) is 0 Å². The third-order valence-electron chi connectivity index (χ3n) is 4.07. The molecule has 0 aromatic heterocycles. The summed E-state index contributed by atoms with van der Waals surface area (Å²) in [6.07, 6.45) is 8.13. The molecule has 1 saturated carbocycles. The van der Waals surface area contributed by atoms with Crippen molar-refractivity contribution in [2.24, 2.45) is 22.7 Å². The summed E-state index contributed by atoms with van der Waals surface area (Å²) in [5, 5.41) is 11.4. The number of nitrogens with two attached hydrogens (primary N) is 1. The van der Waals surface area contributed by atoms with Crippen LogP contribution in [0.1, 0.15) is 51.9 Å². The van der Waals surface area contributed by atoms with Crippen molar-refractivity contribution in [2.45, 2.75) is 51.9 Å². The quantitative estimate of drug-likeness (QED) is 0.336. The summed E-state index contributed by atoms with van der Waals surface area (Å²) in [5.74, 6) is 1.13. The molecule has 0 spiro atoms. The Morgan fingerprint density at radius 2 is 2.00 bits per heavy atom. The molecule has 1 aliphatic carbocycles. The second kappa shape index (κ2) is 8.02. The van der Waals surface area contributed by atoms with Crippen molar-refractivity contribution in [1.82, 2.24) is 4.90 Å². The summed E-state index contributed by atoms with van der Waals surface area (Å²) in [6, 6.07) is 0. The third-order valence-corrected chi connectivity index (χ3v) is 4.07. The molecule has 0 aliphatic heterocycles. The Bertz CT molecular complexity index is 310. The second-order valence-electron chi connectivity index (χ2n) is 5.65. The van der Waals surface area contributed by atoms with Gasteiger partial charge >= 0.3 is 0 Å². The molecule has 3 N–H and O–H groups in total. The van der Waals surface area contributed by atoms with Crippen LogP contribution in [-0.4, -0.2) is 35.4 Å². The molecular formula is C14H27N3O2. The van der Waals surface area contributed by atoms with E-state index in [1.807, 2.05) is 0 Å². The van der Waals surface area contributed by atoms with Gasteiger partial charge in [0.05, 0.1) is 6.54 Å². The van der Waals surface area contributed by atoms with Gasteiger partial charge in [0.1, 0.15) is 0 Å². The number of rotatable bonds is 6. The number of hydrogen-bond donors (Lipinski definition) is 2. The number of unbranched alkanes of at least 4 members (excludes halogenated alkanes) is 1. The Hall–Kier alpha value is -1.26. The first-order valence-electron chi connectivity index (χ1n) is 7.29. The maximum Gasteiger partial charge on any atom is 0.225 e. The van der Waals surface area contributed by atoms with Crippen molar-refractivity contribution in [3.05, 3.63) is 0 Å². The predicted octanol–water partition coefficient (Wildman–Crippen LogP) is 2.19. The highest BCUT2D eigenvalue weighted by Gasteiger charge is 2.28. The van der Waals surface area contributed by atoms with Crippen LogP contribution in [0.3, 0.4) is 0 Å². The van der Waals surface area contributed by atoms with Gasteiger partial charge < -0.3 is 15.8 Å². The van der Waals surface area contributed by atoms with Crippen molar-refractivity contribution >= 4 is 11.7 Å². The number of hydrogen-bond acceptors (Lipinski definition) is 3. The number of oxime groups is 1. The Labute approximate surface area is 115 Å². The Kier molecular flexibility index (Phi) is 6.67. The largest absolute Gasteiger partial charge is 0.409 e. The van der Waals surface area contributed by atoms with E-state index in [0.29, 0.717) is 0 Å². The van der Waals surface area contributed by atoms with Gasteiger partial charge in [0.2, 0.25) is 5.91 Å². The van der Waals surface area contributed by atoms with Crippen LogP contribution in [0.2, 0.25) is 0 Å². The first-order valence-corrected chi connectivity index (χ1v) is 7.29. The van der Waals surface area contributed by atoms with Crippen LogP contribution in [0.4, 0.5) is 0 Å². The second-order valence-corrected chi connectivity index (χ2v) is 5.65. The summed E-state index contributed by atoms with van der Waals surface area (Å²) in [5.41, 5.74) is 5.42. The monoisotopic (exact) mass is 269 g/mol. The molecular weight excluding hydrogens is 242 g/mol. The standard InChI is InChI=1S/C14H27N3O2/c1-3-4-5-11-6-8-12(9-7-11)14(18)17(2)10-13(15)16-19/h11-12,19H,3-10H2,1-2H3,(H2,15,16). The molecule has 5 heteroatoms. The predicted molar refractivity (Wildman–Crippen MR) is 76.0 cm³/mol. The summed E-state index contributed by atoms with van der Waals surface area (Å²) >= 11 is 0. The van der Waals surface area contributed by atoms with E-state index in [2.05, 4.69) is 12.1 Å². The van der Waals surface area contributed by atoms with Gasteiger partial charge in [-0.1, -0.05) is 31.3 Å². The van der Waals surface area contributed by atoms with Crippen LogP contribution >= 0.6 is 0 Å². The molecule has 0 unspecified atom stereocenters. The molecule has 0 heterocycles. The van der Waals surface area contributed by atoms with Crippen LogP contribution in [-0.2, 0) is 4.79 Å². The minimum atomic E-state index is 0.0764. The van der Waals surface area contributed by atoms with Crippen molar-refractivity contribution in [2.75, 3.05) is 13.6 Å². The SMILES string of the molecule is CCCCC1CCC(C(=O)N(C)CC(N)=NO)CC1. The summed E-state index contributed by atoms with van der Waals surface area (Å²) < 4.78 is 0. The summed E-state index contributed by atoms with van der Waals surface area (Å²) in [7, 11) is 1.71. The molecule has 19 heavy (non-hydrogen) atoms. The number of carbonyl (C=O) groups is 1. The number of likely N-dealkylation sites (N-methyl/N-ethyl adjacent to an activating group) is 1. The Balaban J connectivity index is 2.36. The summed E-state index contributed by atoms with van der Waals surface area (Å²) in [6.45, 7) is 2.42. The maximum absolute atomic E-state index is 12.2. The van der Waals surface area contributed by atoms with Crippen LogP contribution in [0.15, 0.2) is 5.16 Å². The zero-order valence-electron chi connectivity index (χ0n) is 12.1. The van der Waals surface area contributed by atoms with E-state index >= 15 is 0 Å².